The van der Waals surface area contributed by atoms with E-state index in [2.05, 4.69) is 9.82 Å². The molecule has 0 aliphatic carbocycles. The van der Waals surface area contributed by atoms with Crippen molar-refractivity contribution in [2.75, 3.05) is 13.2 Å². The van der Waals surface area contributed by atoms with Crippen molar-refractivity contribution < 1.29 is 13.2 Å². The first kappa shape index (κ1) is 15.9. The number of fused-ring (bicyclic) bond motifs is 1. The molecule has 1 aromatic heterocycles. The summed E-state index contributed by atoms with van der Waals surface area (Å²) in [6.07, 6.45) is 4.18. The number of benzene rings is 1. The van der Waals surface area contributed by atoms with Gasteiger partial charge < -0.3 is 4.74 Å². The Kier molecular flexibility index (Phi) is 4.90. The van der Waals surface area contributed by atoms with Gasteiger partial charge in [0.05, 0.1) is 26.0 Å². The van der Waals surface area contributed by atoms with Crippen molar-refractivity contribution in [2.24, 2.45) is 0 Å². The van der Waals surface area contributed by atoms with Crippen molar-refractivity contribution >= 4 is 16.1 Å². The maximum atomic E-state index is 12.0. The minimum Gasteiger partial charge on any atom is -0.376 e. The zero-order valence-corrected chi connectivity index (χ0v) is 13.5. The van der Waals surface area contributed by atoms with Gasteiger partial charge in [0.1, 0.15) is 0 Å². The largest absolute Gasteiger partial charge is 0.376 e. The Labute approximate surface area is 135 Å². The number of hydrogen-bond donors (Lipinski definition) is 1. The summed E-state index contributed by atoms with van der Waals surface area (Å²) in [4.78, 5) is 0. The lowest BCUT2D eigenvalue weighted by Crippen LogP contribution is -2.27. The van der Waals surface area contributed by atoms with Crippen LogP contribution in [0, 0.1) is 0 Å². The molecule has 7 heteroatoms. The number of hydrogen-bond acceptors (Lipinski definition) is 4. The van der Waals surface area contributed by atoms with Crippen LogP contribution in [0.2, 0.25) is 0 Å². The van der Waals surface area contributed by atoms with Crippen molar-refractivity contribution in [1.29, 1.82) is 0 Å². The highest BCUT2D eigenvalue weighted by molar-refractivity contribution is 7.92. The van der Waals surface area contributed by atoms with Crippen LogP contribution in [-0.4, -0.2) is 31.3 Å². The van der Waals surface area contributed by atoms with Crippen molar-refractivity contribution in [3.63, 3.8) is 0 Å². The van der Waals surface area contributed by atoms with Crippen LogP contribution in [0.3, 0.4) is 0 Å². The van der Waals surface area contributed by atoms with Crippen LogP contribution >= 0.6 is 0 Å². The lowest BCUT2D eigenvalue weighted by Gasteiger charge is -2.14. The third-order valence-corrected chi connectivity index (χ3v) is 4.74. The topological polar surface area (TPSA) is 73.2 Å². The predicted molar refractivity (Wildman–Crippen MR) is 88.0 cm³/mol. The molecule has 0 fully saturated rings. The van der Waals surface area contributed by atoms with Gasteiger partial charge in [0, 0.05) is 29.6 Å². The highest BCUT2D eigenvalue weighted by atomic mass is 32.2. The summed E-state index contributed by atoms with van der Waals surface area (Å²) in [5.41, 5.74) is 3.07. The van der Waals surface area contributed by atoms with Gasteiger partial charge >= 0.3 is 0 Å². The average Bonchev–Trinajstić information content (AvgIpc) is 2.97. The Morgan fingerprint density at radius 2 is 2.13 bits per heavy atom. The first-order chi connectivity index (χ1) is 11.1. The average molecular weight is 333 g/mol. The van der Waals surface area contributed by atoms with Gasteiger partial charge in [-0.3, -0.25) is 4.68 Å². The van der Waals surface area contributed by atoms with E-state index in [1.807, 2.05) is 35.0 Å². The molecule has 0 saturated heterocycles. The summed E-state index contributed by atoms with van der Waals surface area (Å²) in [6, 6.07) is 9.32. The Balaban J connectivity index is 1.55. The maximum Gasteiger partial charge on any atom is 0.233 e. The standard InChI is InChI=1S/C16H19N3O3S/c20-23(21,11-7-14-4-2-1-3-5-14)18-8-9-19-16-6-10-22-13-15(16)12-17-19/h1-5,7,11-12,18H,6,8-10,13H2. The number of sulfonamides is 1. The molecule has 0 amide bonds. The fourth-order valence-corrected chi connectivity index (χ4v) is 3.29. The second-order valence-electron chi connectivity index (χ2n) is 5.30. The Morgan fingerprint density at radius 1 is 1.30 bits per heavy atom. The molecule has 122 valence electrons. The summed E-state index contributed by atoms with van der Waals surface area (Å²) < 4.78 is 33.7. The summed E-state index contributed by atoms with van der Waals surface area (Å²) in [7, 11) is -3.45. The van der Waals surface area contributed by atoms with Gasteiger partial charge in [0.25, 0.3) is 0 Å². The highest BCUT2D eigenvalue weighted by Crippen LogP contribution is 2.15. The molecule has 0 radical (unpaired) electrons. The van der Waals surface area contributed by atoms with E-state index in [0.29, 0.717) is 26.3 Å². The van der Waals surface area contributed by atoms with Crippen LogP contribution < -0.4 is 4.72 Å². The molecule has 0 unspecified atom stereocenters. The van der Waals surface area contributed by atoms with Crippen molar-refractivity contribution in [2.45, 2.75) is 19.6 Å². The van der Waals surface area contributed by atoms with Crippen molar-refractivity contribution in [3.8, 4) is 0 Å². The van der Waals surface area contributed by atoms with E-state index in [1.54, 1.807) is 12.3 Å². The fraction of sp³-hybridized carbons (Fsp3) is 0.312. The fourth-order valence-electron chi connectivity index (χ4n) is 2.48. The minimum absolute atomic E-state index is 0.302. The van der Waals surface area contributed by atoms with Gasteiger partial charge in [-0.1, -0.05) is 30.3 Å². The third kappa shape index (κ3) is 4.28. The first-order valence-electron chi connectivity index (χ1n) is 7.48. The number of aromatic nitrogens is 2. The molecule has 0 spiro atoms. The lowest BCUT2D eigenvalue weighted by molar-refractivity contribution is 0.109. The Morgan fingerprint density at radius 3 is 2.96 bits per heavy atom. The molecule has 0 atom stereocenters. The monoisotopic (exact) mass is 333 g/mol. The zero-order valence-electron chi connectivity index (χ0n) is 12.7. The molecule has 23 heavy (non-hydrogen) atoms. The molecule has 2 aromatic rings. The van der Waals surface area contributed by atoms with Gasteiger partial charge in [-0.2, -0.15) is 5.10 Å². The predicted octanol–water partition coefficient (Wildman–Crippen LogP) is 1.55. The lowest BCUT2D eigenvalue weighted by atomic mass is 10.2. The number of nitrogens with one attached hydrogen (secondary N) is 1. The summed E-state index contributed by atoms with van der Waals surface area (Å²) in [5, 5.41) is 5.48. The third-order valence-electron chi connectivity index (χ3n) is 3.64. The number of nitrogens with zero attached hydrogens (tertiary/aromatic N) is 2. The molecule has 0 saturated carbocycles. The Bertz CT molecular complexity index is 782. The molecule has 6 nitrogen and oxygen atoms in total. The van der Waals surface area contributed by atoms with Crippen LogP contribution in [0.1, 0.15) is 16.8 Å². The molecule has 0 bridgehead atoms. The van der Waals surface area contributed by atoms with Crippen molar-refractivity contribution in [3.05, 3.63) is 58.8 Å². The molecule has 1 aliphatic heterocycles. The molecule has 2 heterocycles. The molecule has 1 aliphatic rings. The second-order valence-corrected chi connectivity index (χ2v) is 6.95. The van der Waals surface area contributed by atoms with E-state index < -0.39 is 10.0 Å². The SMILES string of the molecule is O=S(=O)(C=Cc1ccccc1)NCCn1ncc2c1CCOC2. The summed E-state index contributed by atoms with van der Waals surface area (Å²) in [6.45, 7) is 2.08. The quantitative estimate of drug-likeness (QED) is 0.870. The second kappa shape index (κ2) is 7.08. The van der Waals surface area contributed by atoms with Gasteiger partial charge in [-0.05, 0) is 11.6 Å². The molecular weight excluding hydrogens is 314 g/mol. The van der Waals surface area contributed by atoms with Crippen LogP contribution in [0.15, 0.2) is 41.9 Å². The molecular formula is C16H19N3O3S. The molecule has 1 N–H and O–H groups in total. The van der Waals surface area contributed by atoms with E-state index in [1.165, 1.54) is 5.41 Å². The number of rotatable bonds is 6. The summed E-state index contributed by atoms with van der Waals surface area (Å²) >= 11 is 0. The minimum atomic E-state index is -3.45. The van der Waals surface area contributed by atoms with Crippen LogP contribution in [0.4, 0.5) is 0 Å². The smallest absolute Gasteiger partial charge is 0.233 e. The Hall–Kier alpha value is -1.96. The van der Waals surface area contributed by atoms with Gasteiger partial charge in [-0.15, -0.1) is 0 Å². The van der Waals surface area contributed by atoms with Crippen LogP contribution in [0.25, 0.3) is 6.08 Å². The van der Waals surface area contributed by atoms with E-state index in [0.717, 1.165) is 23.2 Å². The van der Waals surface area contributed by atoms with Crippen molar-refractivity contribution in [1.82, 2.24) is 14.5 Å². The van der Waals surface area contributed by atoms with E-state index in [-0.39, 0.29) is 0 Å². The maximum absolute atomic E-state index is 12.0. The van der Waals surface area contributed by atoms with Crippen LogP contribution in [0.5, 0.6) is 0 Å². The number of ether oxygens (including phenoxy) is 1. The van der Waals surface area contributed by atoms with E-state index in [4.69, 9.17) is 4.74 Å². The molecule has 3 rings (SSSR count). The summed E-state index contributed by atoms with van der Waals surface area (Å²) in [5.74, 6) is 0. The molecule has 1 aromatic carbocycles. The highest BCUT2D eigenvalue weighted by Gasteiger charge is 2.15. The van der Waals surface area contributed by atoms with Gasteiger partial charge in [0.15, 0.2) is 0 Å². The normalized spacial score (nSPS) is 15.0. The van der Waals surface area contributed by atoms with E-state index >= 15 is 0 Å². The van der Waals surface area contributed by atoms with Gasteiger partial charge in [0.2, 0.25) is 10.0 Å². The zero-order chi connectivity index (χ0) is 16.1. The first-order valence-corrected chi connectivity index (χ1v) is 9.03. The van der Waals surface area contributed by atoms with Crippen LogP contribution in [-0.2, 0) is 34.3 Å². The van der Waals surface area contributed by atoms with Gasteiger partial charge in [-0.25, -0.2) is 13.1 Å². The van der Waals surface area contributed by atoms with E-state index in [9.17, 15) is 8.42 Å².